The Labute approximate surface area is 134 Å². The number of guanidine groups is 1. The minimum Gasteiger partial charge on any atom is -0.376 e. The molecule has 1 heterocycles. The van der Waals surface area contributed by atoms with Gasteiger partial charge in [0.05, 0.1) is 12.1 Å². The third-order valence-electron chi connectivity index (χ3n) is 4.44. The predicted molar refractivity (Wildman–Crippen MR) is 90.0 cm³/mol. The number of likely N-dealkylation sites (tertiary alicyclic amines) is 1. The summed E-state index contributed by atoms with van der Waals surface area (Å²) < 4.78 is 5.64. The highest BCUT2D eigenvalue weighted by molar-refractivity contribution is 14.0. The Kier molecular flexibility index (Phi) is 6.36. The van der Waals surface area contributed by atoms with E-state index in [-0.39, 0.29) is 29.6 Å². The maximum atomic E-state index is 6.11. The maximum Gasteiger partial charge on any atom is 0.191 e. The zero-order chi connectivity index (χ0) is 13.2. The number of nitrogens with zero attached hydrogens (tertiary/aromatic N) is 2. The number of nitrogens with two attached hydrogens (primary N) is 1. The number of halogens is 1. The number of ether oxygens (including phenoxy) is 1. The molecule has 2 atom stereocenters. The van der Waals surface area contributed by atoms with Gasteiger partial charge in [-0.15, -0.1) is 24.0 Å². The lowest BCUT2D eigenvalue weighted by atomic mass is 10.00. The Morgan fingerprint density at radius 3 is 2.63 bits per heavy atom. The highest BCUT2D eigenvalue weighted by atomic mass is 127. The van der Waals surface area contributed by atoms with Crippen LogP contribution in [0.5, 0.6) is 0 Å². The van der Waals surface area contributed by atoms with Crippen LogP contribution in [0.25, 0.3) is 0 Å². The summed E-state index contributed by atoms with van der Waals surface area (Å²) >= 11 is 0. The summed E-state index contributed by atoms with van der Waals surface area (Å²) in [6.07, 6.45) is 5.06. The van der Waals surface area contributed by atoms with Crippen LogP contribution in [-0.2, 0) is 4.74 Å². The normalized spacial score (nSPS) is 27.6. The summed E-state index contributed by atoms with van der Waals surface area (Å²) in [6.45, 7) is 7.21. The van der Waals surface area contributed by atoms with Crippen molar-refractivity contribution >= 4 is 29.9 Å². The lowest BCUT2D eigenvalue weighted by molar-refractivity contribution is -0.00492. The zero-order valence-corrected chi connectivity index (χ0v) is 14.7. The Bertz CT molecular complexity index is 320. The molecule has 1 saturated carbocycles. The summed E-state index contributed by atoms with van der Waals surface area (Å²) in [7, 11) is 1.78. The molecule has 5 heteroatoms. The fourth-order valence-corrected chi connectivity index (χ4v) is 2.79. The largest absolute Gasteiger partial charge is 0.376 e. The van der Waals surface area contributed by atoms with Gasteiger partial charge < -0.3 is 15.4 Å². The molecule has 0 radical (unpaired) electrons. The minimum atomic E-state index is -0.119. The number of piperidine rings is 1. The maximum absolute atomic E-state index is 6.11. The van der Waals surface area contributed by atoms with Crippen LogP contribution in [0.3, 0.4) is 0 Å². The van der Waals surface area contributed by atoms with Crippen LogP contribution >= 0.6 is 24.0 Å². The van der Waals surface area contributed by atoms with E-state index in [0.29, 0.717) is 18.4 Å². The molecule has 2 aliphatic rings. The average molecular weight is 381 g/mol. The van der Waals surface area contributed by atoms with Gasteiger partial charge in [0.25, 0.3) is 0 Å². The first kappa shape index (κ1) is 17.0. The Balaban J connectivity index is 0.00000180. The van der Waals surface area contributed by atoms with Crippen LogP contribution in [0, 0.1) is 11.8 Å². The number of hydrogen-bond acceptors (Lipinski definition) is 2. The van der Waals surface area contributed by atoms with Gasteiger partial charge in [-0.25, -0.2) is 0 Å². The Morgan fingerprint density at radius 2 is 2.11 bits per heavy atom. The fraction of sp³-hybridized carbons (Fsp3) is 0.929. The van der Waals surface area contributed by atoms with E-state index in [2.05, 4.69) is 23.7 Å². The molecule has 2 rings (SSSR count). The van der Waals surface area contributed by atoms with Crippen molar-refractivity contribution < 1.29 is 4.74 Å². The van der Waals surface area contributed by atoms with Crippen molar-refractivity contribution in [1.29, 1.82) is 0 Å². The molecule has 2 N–H and O–H groups in total. The topological polar surface area (TPSA) is 50.9 Å². The molecule has 0 bridgehead atoms. The van der Waals surface area contributed by atoms with Crippen molar-refractivity contribution in [3.8, 4) is 0 Å². The smallest absolute Gasteiger partial charge is 0.191 e. The molecule has 1 saturated heterocycles. The van der Waals surface area contributed by atoms with Crippen LogP contribution < -0.4 is 5.73 Å². The van der Waals surface area contributed by atoms with E-state index in [4.69, 9.17) is 10.5 Å². The SMILES string of the molecule is COC(C)(CN=C(N)N1CCCC(C)C1)C1CC1.I. The zero-order valence-electron chi connectivity index (χ0n) is 12.4. The van der Waals surface area contributed by atoms with Gasteiger partial charge in [0.15, 0.2) is 5.96 Å². The van der Waals surface area contributed by atoms with Crippen LogP contribution in [-0.4, -0.2) is 43.2 Å². The number of rotatable bonds is 4. The summed E-state index contributed by atoms with van der Waals surface area (Å²) in [5, 5.41) is 0. The van der Waals surface area contributed by atoms with Crippen LogP contribution in [0.15, 0.2) is 4.99 Å². The fourth-order valence-electron chi connectivity index (χ4n) is 2.79. The number of hydrogen-bond donors (Lipinski definition) is 1. The quantitative estimate of drug-likeness (QED) is 0.463. The van der Waals surface area contributed by atoms with E-state index in [1.54, 1.807) is 7.11 Å². The van der Waals surface area contributed by atoms with Crippen LogP contribution in [0.1, 0.15) is 39.5 Å². The van der Waals surface area contributed by atoms with E-state index in [9.17, 15) is 0 Å². The first-order valence-corrected chi connectivity index (χ1v) is 7.15. The van der Waals surface area contributed by atoms with E-state index >= 15 is 0 Å². The predicted octanol–water partition coefficient (Wildman–Crippen LogP) is 2.47. The van der Waals surface area contributed by atoms with Crippen LogP contribution in [0.4, 0.5) is 0 Å². The molecule has 2 unspecified atom stereocenters. The van der Waals surface area contributed by atoms with Gasteiger partial charge in [-0.05, 0) is 44.4 Å². The van der Waals surface area contributed by atoms with E-state index in [1.165, 1.54) is 25.7 Å². The second-order valence-corrected chi connectivity index (χ2v) is 6.16. The van der Waals surface area contributed by atoms with E-state index < -0.39 is 0 Å². The molecule has 0 aromatic heterocycles. The minimum absolute atomic E-state index is 0. The molecule has 0 spiro atoms. The summed E-state index contributed by atoms with van der Waals surface area (Å²) in [4.78, 5) is 6.80. The highest BCUT2D eigenvalue weighted by Gasteiger charge is 2.41. The summed E-state index contributed by atoms with van der Waals surface area (Å²) in [5.74, 6) is 2.09. The van der Waals surface area contributed by atoms with Gasteiger partial charge in [-0.2, -0.15) is 0 Å². The molecule has 0 amide bonds. The second-order valence-electron chi connectivity index (χ2n) is 6.16. The van der Waals surface area contributed by atoms with Gasteiger partial charge in [-0.3, -0.25) is 4.99 Å². The van der Waals surface area contributed by atoms with Crippen molar-refractivity contribution in [3.63, 3.8) is 0 Å². The van der Waals surface area contributed by atoms with Crippen molar-refractivity contribution in [3.05, 3.63) is 0 Å². The highest BCUT2D eigenvalue weighted by Crippen LogP contribution is 2.41. The molecule has 4 nitrogen and oxygen atoms in total. The Hall–Kier alpha value is -0.0400. The van der Waals surface area contributed by atoms with Crippen molar-refractivity contribution in [2.75, 3.05) is 26.7 Å². The molecule has 1 aliphatic heterocycles. The molecule has 0 aromatic rings. The number of aliphatic imine (C=N–C) groups is 1. The lowest BCUT2D eigenvalue weighted by Crippen LogP contribution is -2.44. The summed E-state index contributed by atoms with van der Waals surface area (Å²) in [5.41, 5.74) is 5.99. The van der Waals surface area contributed by atoms with Crippen LogP contribution in [0.2, 0.25) is 0 Å². The first-order valence-electron chi connectivity index (χ1n) is 7.15. The van der Waals surface area contributed by atoms with Crippen molar-refractivity contribution in [2.24, 2.45) is 22.6 Å². The molecule has 2 fully saturated rings. The number of methoxy groups -OCH3 is 1. The van der Waals surface area contributed by atoms with E-state index in [0.717, 1.165) is 19.0 Å². The lowest BCUT2D eigenvalue weighted by Gasteiger charge is -2.32. The molecular weight excluding hydrogens is 353 g/mol. The molecule has 19 heavy (non-hydrogen) atoms. The van der Waals surface area contributed by atoms with Gasteiger partial charge in [0, 0.05) is 20.2 Å². The summed E-state index contributed by atoms with van der Waals surface area (Å²) in [6, 6.07) is 0. The van der Waals surface area contributed by atoms with Gasteiger partial charge in [-0.1, -0.05) is 6.92 Å². The molecule has 1 aliphatic carbocycles. The molecular formula is C14H28IN3O. The third kappa shape index (κ3) is 4.48. The van der Waals surface area contributed by atoms with Gasteiger partial charge in [0.2, 0.25) is 0 Å². The second kappa shape index (κ2) is 7.11. The standard InChI is InChI=1S/C14H27N3O.HI/c1-11-5-4-8-17(9-11)13(15)16-10-14(2,18-3)12-6-7-12;/h11-12H,4-10H2,1-3H3,(H2,15,16);1H. The van der Waals surface area contributed by atoms with Gasteiger partial charge >= 0.3 is 0 Å². The molecule has 0 aromatic carbocycles. The monoisotopic (exact) mass is 381 g/mol. The molecule has 112 valence electrons. The van der Waals surface area contributed by atoms with Crippen molar-refractivity contribution in [1.82, 2.24) is 4.90 Å². The van der Waals surface area contributed by atoms with Gasteiger partial charge in [0.1, 0.15) is 0 Å². The average Bonchev–Trinajstić information content (AvgIpc) is 3.20. The van der Waals surface area contributed by atoms with E-state index in [1.807, 2.05) is 0 Å². The first-order chi connectivity index (χ1) is 8.55. The van der Waals surface area contributed by atoms with Crippen molar-refractivity contribution in [2.45, 2.75) is 45.1 Å². The third-order valence-corrected chi connectivity index (χ3v) is 4.44. The Morgan fingerprint density at radius 1 is 1.42 bits per heavy atom.